The van der Waals surface area contributed by atoms with Crippen molar-refractivity contribution in [2.24, 2.45) is 0 Å². The van der Waals surface area contributed by atoms with Gasteiger partial charge in [-0.2, -0.15) is 4.98 Å². The number of carbonyl (C=O) groups is 1. The fraction of sp³-hybridized carbons (Fsp3) is 0.115. The molecule has 170 valence electrons. The summed E-state index contributed by atoms with van der Waals surface area (Å²) in [6, 6.07) is 22.6. The van der Waals surface area contributed by atoms with Crippen molar-refractivity contribution in [2.45, 2.75) is 17.9 Å². The molecule has 6 nitrogen and oxygen atoms in total. The van der Waals surface area contributed by atoms with Gasteiger partial charge in [-0.15, -0.1) is 11.8 Å². The van der Waals surface area contributed by atoms with E-state index in [4.69, 9.17) is 4.52 Å². The zero-order valence-electron chi connectivity index (χ0n) is 18.5. The highest BCUT2D eigenvalue weighted by molar-refractivity contribution is 7.98. The van der Waals surface area contributed by atoms with Gasteiger partial charge in [0.05, 0.1) is 17.3 Å². The summed E-state index contributed by atoms with van der Waals surface area (Å²) in [4.78, 5) is 20.6. The predicted molar refractivity (Wildman–Crippen MR) is 131 cm³/mol. The summed E-state index contributed by atoms with van der Waals surface area (Å²) in [5.74, 6) is 0.292. The molecule has 8 heteroatoms. The summed E-state index contributed by atoms with van der Waals surface area (Å²) in [5, 5.41) is 7.22. The van der Waals surface area contributed by atoms with Gasteiger partial charge in [-0.3, -0.25) is 4.90 Å². The second-order valence-electron chi connectivity index (χ2n) is 7.76. The number of para-hydroxylation sites is 1. The number of benzene rings is 3. The van der Waals surface area contributed by atoms with Crippen molar-refractivity contribution < 1.29 is 13.7 Å². The third kappa shape index (κ3) is 4.08. The number of halogens is 1. The van der Waals surface area contributed by atoms with Crippen molar-refractivity contribution in [3.05, 3.63) is 102 Å². The highest BCUT2D eigenvalue weighted by Crippen LogP contribution is 2.39. The Morgan fingerprint density at radius 1 is 1.00 bits per heavy atom. The first-order chi connectivity index (χ1) is 16.5. The van der Waals surface area contributed by atoms with E-state index in [1.807, 2.05) is 67.8 Å². The molecule has 0 bridgehead atoms. The molecule has 34 heavy (non-hydrogen) atoms. The van der Waals surface area contributed by atoms with E-state index in [0.29, 0.717) is 22.7 Å². The van der Waals surface area contributed by atoms with Gasteiger partial charge in [-0.25, -0.2) is 9.18 Å². The summed E-state index contributed by atoms with van der Waals surface area (Å²) in [7, 11) is 0. The summed E-state index contributed by atoms with van der Waals surface area (Å²) >= 11 is 1.65. The molecule has 1 aliphatic heterocycles. The van der Waals surface area contributed by atoms with Crippen molar-refractivity contribution in [1.82, 2.24) is 15.5 Å². The molecule has 0 fully saturated rings. The maximum Gasteiger partial charge on any atom is 0.326 e. The molecule has 2 heterocycles. The third-order valence-corrected chi connectivity index (χ3v) is 6.45. The van der Waals surface area contributed by atoms with Crippen molar-refractivity contribution in [1.29, 1.82) is 0 Å². The average Bonchev–Trinajstić information content (AvgIpc) is 3.34. The van der Waals surface area contributed by atoms with E-state index < -0.39 is 6.04 Å². The fourth-order valence-corrected chi connectivity index (χ4v) is 4.41. The van der Waals surface area contributed by atoms with Crippen molar-refractivity contribution in [2.75, 3.05) is 11.2 Å². The largest absolute Gasteiger partial charge is 0.334 e. The minimum atomic E-state index is -0.482. The van der Waals surface area contributed by atoms with Gasteiger partial charge < -0.3 is 9.84 Å². The second kappa shape index (κ2) is 9.15. The van der Waals surface area contributed by atoms with Crippen LogP contribution in [0.2, 0.25) is 0 Å². The standard InChI is InChI=1S/C26H21FN4O2S/c1-16-22(25-29-24(30-33-25)18-8-12-19(27)13-9-18)23(17-10-14-21(34-2)15-11-17)28-26(32)31(16)20-6-4-3-5-7-20/h3-15,23H,1-2H3,(H,28,32). The molecule has 1 N–H and O–H groups in total. The number of carbonyl (C=O) groups excluding carboxylic acids is 1. The maximum absolute atomic E-state index is 13.4. The van der Waals surface area contributed by atoms with Gasteiger partial charge in [0.1, 0.15) is 5.82 Å². The first kappa shape index (κ1) is 21.9. The molecule has 1 aliphatic rings. The van der Waals surface area contributed by atoms with E-state index in [9.17, 15) is 9.18 Å². The number of allylic oxidation sites excluding steroid dienone is 1. The van der Waals surface area contributed by atoms with Gasteiger partial charge in [0.15, 0.2) is 0 Å². The Morgan fingerprint density at radius 2 is 1.71 bits per heavy atom. The molecule has 1 aromatic heterocycles. The van der Waals surface area contributed by atoms with E-state index in [0.717, 1.165) is 16.1 Å². The van der Waals surface area contributed by atoms with Crippen LogP contribution in [0.3, 0.4) is 0 Å². The highest BCUT2D eigenvalue weighted by atomic mass is 32.2. The van der Waals surface area contributed by atoms with Gasteiger partial charge in [0, 0.05) is 16.2 Å². The van der Waals surface area contributed by atoms with E-state index in [-0.39, 0.29) is 17.7 Å². The van der Waals surface area contributed by atoms with E-state index in [1.54, 1.807) is 28.8 Å². The number of nitrogens with one attached hydrogen (secondary N) is 1. The number of hydrogen-bond acceptors (Lipinski definition) is 5. The molecular weight excluding hydrogens is 451 g/mol. The van der Waals surface area contributed by atoms with E-state index >= 15 is 0 Å². The number of aromatic nitrogens is 2. The first-order valence-corrected chi connectivity index (χ1v) is 11.9. The quantitative estimate of drug-likeness (QED) is 0.345. The number of rotatable bonds is 5. The molecule has 1 unspecified atom stereocenters. The summed E-state index contributed by atoms with van der Waals surface area (Å²) in [6.45, 7) is 1.87. The maximum atomic E-state index is 13.4. The number of nitrogens with zero attached hydrogens (tertiary/aromatic N) is 3. The Hall–Kier alpha value is -3.91. The zero-order valence-corrected chi connectivity index (χ0v) is 19.3. The summed E-state index contributed by atoms with van der Waals surface area (Å²) in [6.07, 6.45) is 2.01. The molecule has 5 rings (SSSR count). The average molecular weight is 473 g/mol. The van der Waals surface area contributed by atoms with Crippen LogP contribution in [0, 0.1) is 5.82 Å². The van der Waals surface area contributed by atoms with Crippen molar-refractivity contribution in [3.8, 4) is 11.4 Å². The minimum Gasteiger partial charge on any atom is -0.334 e. The fourth-order valence-electron chi connectivity index (χ4n) is 4.00. The number of urea groups is 1. The Bertz CT molecular complexity index is 1350. The lowest BCUT2D eigenvalue weighted by Crippen LogP contribution is -2.46. The Morgan fingerprint density at radius 3 is 2.38 bits per heavy atom. The van der Waals surface area contributed by atoms with Crippen LogP contribution < -0.4 is 10.2 Å². The topological polar surface area (TPSA) is 71.3 Å². The number of amides is 2. The van der Waals surface area contributed by atoms with E-state index in [1.165, 1.54) is 12.1 Å². The van der Waals surface area contributed by atoms with Gasteiger partial charge in [0.2, 0.25) is 5.82 Å². The molecule has 0 radical (unpaired) electrons. The lowest BCUT2D eigenvalue weighted by atomic mass is 9.94. The van der Waals surface area contributed by atoms with Crippen LogP contribution in [0.4, 0.5) is 14.9 Å². The lowest BCUT2D eigenvalue weighted by Gasteiger charge is -2.35. The molecule has 0 spiro atoms. The highest BCUT2D eigenvalue weighted by Gasteiger charge is 2.36. The smallest absolute Gasteiger partial charge is 0.326 e. The van der Waals surface area contributed by atoms with Gasteiger partial charge >= 0.3 is 6.03 Å². The molecule has 1 atom stereocenters. The molecule has 3 aromatic carbocycles. The first-order valence-electron chi connectivity index (χ1n) is 10.7. The third-order valence-electron chi connectivity index (χ3n) is 5.71. The second-order valence-corrected chi connectivity index (χ2v) is 8.64. The molecular formula is C26H21FN4O2S. The number of thioether (sulfide) groups is 1. The predicted octanol–water partition coefficient (Wildman–Crippen LogP) is 6.30. The number of anilines is 1. The molecule has 2 amide bonds. The summed E-state index contributed by atoms with van der Waals surface area (Å²) in [5.41, 5.74) is 3.64. The molecule has 0 aliphatic carbocycles. The van der Waals surface area contributed by atoms with Crippen LogP contribution in [-0.2, 0) is 0 Å². The van der Waals surface area contributed by atoms with Crippen molar-refractivity contribution >= 4 is 29.1 Å². The lowest BCUT2D eigenvalue weighted by molar-refractivity contribution is 0.244. The van der Waals surface area contributed by atoms with Crippen molar-refractivity contribution in [3.63, 3.8) is 0 Å². The van der Waals surface area contributed by atoms with Crippen LogP contribution >= 0.6 is 11.8 Å². The van der Waals surface area contributed by atoms with Crippen LogP contribution in [0.15, 0.2) is 94.0 Å². The Labute approximate surface area is 200 Å². The Kier molecular flexibility index (Phi) is 5.90. The number of hydrogen-bond donors (Lipinski definition) is 1. The molecule has 4 aromatic rings. The molecule has 0 saturated heterocycles. The van der Waals surface area contributed by atoms with Crippen LogP contribution in [-0.4, -0.2) is 22.4 Å². The SMILES string of the molecule is CSc1ccc(C2NC(=O)N(c3ccccc3)C(C)=C2c2nc(-c3ccc(F)cc3)no2)cc1. The van der Waals surface area contributed by atoms with Crippen LogP contribution in [0.25, 0.3) is 17.0 Å². The normalized spacial score (nSPS) is 16.0. The van der Waals surface area contributed by atoms with E-state index in [2.05, 4.69) is 15.5 Å². The minimum absolute atomic E-state index is 0.246. The Balaban J connectivity index is 1.63. The zero-order chi connectivity index (χ0) is 23.7. The van der Waals surface area contributed by atoms with Crippen LogP contribution in [0.5, 0.6) is 0 Å². The van der Waals surface area contributed by atoms with Gasteiger partial charge in [-0.05, 0) is 67.3 Å². The monoisotopic (exact) mass is 472 g/mol. The summed E-state index contributed by atoms with van der Waals surface area (Å²) < 4.78 is 19.0. The van der Waals surface area contributed by atoms with Gasteiger partial charge in [-0.1, -0.05) is 35.5 Å². The van der Waals surface area contributed by atoms with Crippen LogP contribution in [0.1, 0.15) is 24.4 Å². The van der Waals surface area contributed by atoms with Gasteiger partial charge in [0.25, 0.3) is 5.89 Å². The molecule has 0 saturated carbocycles.